The first kappa shape index (κ1) is 11.2. The molecular weight excluding hydrogens is 242 g/mol. The Kier molecular flexibility index (Phi) is 3.58. The lowest BCUT2D eigenvalue weighted by Gasteiger charge is -2.05. The molecule has 2 aromatic rings. The van der Waals surface area contributed by atoms with Gasteiger partial charge in [-0.2, -0.15) is 0 Å². The second-order valence-electron chi connectivity index (χ2n) is 3.00. The fourth-order valence-corrected chi connectivity index (χ4v) is 2.08. The zero-order chi connectivity index (χ0) is 11.4. The van der Waals surface area contributed by atoms with Crippen LogP contribution in [0.4, 0.5) is 11.6 Å². The summed E-state index contributed by atoms with van der Waals surface area (Å²) in [5, 5.41) is 5.82. The smallest absolute Gasteiger partial charge is 0.191 e. The van der Waals surface area contributed by atoms with Gasteiger partial charge in [-0.05, 0) is 6.26 Å². The van der Waals surface area contributed by atoms with Crippen LogP contribution in [-0.2, 0) is 6.54 Å². The van der Waals surface area contributed by atoms with Gasteiger partial charge in [0.1, 0.15) is 11.6 Å². The van der Waals surface area contributed by atoms with Crippen LogP contribution >= 0.6 is 23.1 Å². The lowest BCUT2D eigenvalue weighted by molar-refractivity contribution is 0.956. The van der Waals surface area contributed by atoms with Gasteiger partial charge in [-0.25, -0.2) is 15.0 Å². The molecule has 0 fully saturated rings. The van der Waals surface area contributed by atoms with Crippen molar-refractivity contribution in [2.24, 2.45) is 0 Å². The molecule has 0 aliphatic rings. The van der Waals surface area contributed by atoms with E-state index in [9.17, 15) is 0 Å². The third kappa shape index (κ3) is 2.83. The van der Waals surface area contributed by atoms with Crippen LogP contribution in [0.1, 0.15) is 5.69 Å². The molecule has 0 spiro atoms. The predicted molar refractivity (Wildman–Crippen MR) is 67.7 cm³/mol. The van der Waals surface area contributed by atoms with Crippen LogP contribution in [0.25, 0.3) is 0 Å². The minimum Gasteiger partial charge on any atom is -0.383 e. The molecule has 0 saturated heterocycles. The molecule has 0 radical (unpaired) electrons. The molecule has 0 aliphatic carbocycles. The van der Waals surface area contributed by atoms with Crippen LogP contribution in [0.2, 0.25) is 0 Å². The van der Waals surface area contributed by atoms with Crippen LogP contribution in [0.5, 0.6) is 0 Å². The highest BCUT2D eigenvalue weighted by molar-refractivity contribution is 7.98. The van der Waals surface area contributed by atoms with Gasteiger partial charge < -0.3 is 11.1 Å². The van der Waals surface area contributed by atoms with Gasteiger partial charge in [-0.1, -0.05) is 11.8 Å². The first-order valence-corrected chi connectivity index (χ1v) is 6.74. The van der Waals surface area contributed by atoms with Gasteiger partial charge in [-0.15, -0.1) is 11.3 Å². The summed E-state index contributed by atoms with van der Waals surface area (Å²) in [6.45, 7) is 0.647. The first-order chi connectivity index (χ1) is 7.78. The monoisotopic (exact) mass is 253 g/mol. The SMILES string of the molecule is CSc1nc(N)cc(NCc2cscn2)n1. The van der Waals surface area contributed by atoms with Crippen molar-refractivity contribution in [3.05, 3.63) is 22.7 Å². The molecule has 0 unspecified atom stereocenters. The van der Waals surface area contributed by atoms with E-state index in [1.807, 2.05) is 11.6 Å². The summed E-state index contributed by atoms with van der Waals surface area (Å²) in [6, 6.07) is 1.71. The molecule has 0 bridgehead atoms. The van der Waals surface area contributed by atoms with E-state index >= 15 is 0 Å². The van der Waals surface area contributed by atoms with E-state index in [1.54, 1.807) is 22.9 Å². The van der Waals surface area contributed by atoms with Crippen molar-refractivity contribution >= 4 is 34.7 Å². The second kappa shape index (κ2) is 5.13. The van der Waals surface area contributed by atoms with Gasteiger partial charge in [0.15, 0.2) is 5.16 Å². The molecule has 0 amide bonds. The van der Waals surface area contributed by atoms with Gasteiger partial charge in [0.05, 0.1) is 17.7 Å². The molecule has 0 aliphatic heterocycles. The highest BCUT2D eigenvalue weighted by Gasteiger charge is 2.02. The number of nitrogen functional groups attached to an aromatic ring is 1. The third-order valence-corrected chi connectivity index (χ3v) is 3.03. The highest BCUT2D eigenvalue weighted by atomic mass is 32.2. The number of rotatable bonds is 4. The minimum absolute atomic E-state index is 0.472. The van der Waals surface area contributed by atoms with Crippen LogP contribution in [-0.4, -0.2) is 21.2 Å². The average molecular weight is 253 g/mol. The molecule has 5 nitrogen and oxygen atoms in total. The minimum atomic E-state index is 0.472. The van der Waals surface area contributed by atoms with Crippen molar-refractivity contribution in [1.82, 2.24) is 15.0 Å². The Balaban J connectivity index is 2.06. The van der Waals surface area contributed by atoms with Crippen molar-refractivity contribution in [2.45, 2.75) is 11.7 Å². The lowest BCUT2D eigenvalue weighted by Crippen LogP contribution is -2.04. The van der Waals surface area contributed by atoms with E-state index in [0.717, 1.165) is 11.5 Å². The van der Waals surface area contributed by atoms with E-state index in [4.69, 9.17) is 5.73 Å². The number of hydrogen-bond acceptors (Lipinski definition) is 7. The molecule has 16 heavy (non-hydrogen) atoms. The fraction of sp³-hybridized carbons (Fsp3) is 0.222. The van der Waals surface area contributed by atoms with Gasteiger partial charge >= 0.3 is 0 Å². The van der Waals surface area contributed by atoms with Crippen molar-refractivity contribution in [1.29, 1.82) is 0 Å². The first-order valence-electron chi connectivity index (χ1n) is 4.57. The summed E-state index contributed by atoms with van der Waals surface area (Å²) in [5.41, 5.74) is 8.46. The number of nitrogens with zero attached hydrogens (tertiary/aromatic N) is 3. The molecule has 7 heteroatoms. The second-order valence-corrected chi connectivity index (χ2v) is 4.49. The number of hydrogen-bond donors (Lipinski definition) is 2. The molecular formula is C9H11N5S2. The number of nitrogens with two attached hydrogens (primary N) is 1. The van der Waals surface area contributed by atoms with Crippen LogP contribution in [0.15, 0.2) is 22.1 Å². The predicted octanol–water partition coefficient (Wildman–Crippen LogP) is 1.85. The Bertz CT molecular complexity index is 457. The Hall–Kier alpha value is -1.34. The third-order valence-electron chi connectivity index (χ3n) is 1.84. The summed E-state index contributed by atoms with van der Waals surface area (Å²) in [7, 11) is 0. The number of anilines is 2. The lowest BCUT2D eigenvalue weighted by atomic mass is 10.4. The highest BCUT2D eigenvalue weighted by Crippen LogP contribution is 2.15. The maximum atomic E-state index is 5.67. The summed E-state index contributed by atoms with van der Waals surface area (Å²) < 4.78 is 0. The van der Waals surface area contributed by atoms with Crippen LogP contribution in [0.3, 0.4) is 0 Å². The van der Waals surface area contributed by atoms with Crippen LogP contribution < -0.4 is 11.1 Å². The maximum Gasteiger partial charge on any atom is 0.191 e. The average Bonchev–Trinajstić information content (AvgIpc) is 2.78. The molecule has 3 N–H and O–H groups in total. The number of thioether (sulfide) groups is 1. The Labute approximate surface area is 102 Å². The fourth-order valence-electron chi connectivity index (χ4n) is 1.13. The zero-order valence-corrected chi connectivity index (χ0v) is 10.3. The summed E-state index contributed by atoms with van der Waals surface area (Å²) in [4.78, 5) is 12.5. The van der Waals surface area contributed by atoms with Gasteiger partial charge in [0.25, 0.3) is 0 Å². The van der Waals surface area contributed by atoms with Gasteiger partial charge in [0.2, 0.25) is 0 Å². The van der Waals surface area contributed by atoms with Crippen LogP contribution in [0, 0.1) is 0 Å². The molecule has 0 saturated carbocycles. The van der Waals surface area contributed by atoms with E-state index in [-0.39, 0.29) is 0 Å². The summed E-state index contributed by atoms with van der Waals surface area (Å²) >= 11 is 3.04. The van der Waals surface area contributed by atoms with E-state index in [1.165, 1.54) is 11.8 Å². The van der Waals surface area contributed by atoms with E-state index in [2.05, 4.69) is 20.3 Å². The zero-order valence-electron chi connectivity index (χ0n) is 8.67. The summed E-state index contributed by atoms with van der Waals surface area (Å²) in [5.74, 6) is 1.20. The van der Waals surface area contributed by atoms with Gasteiger partial charge in [0, 0.05) is 11.4 Å². The molecule has 84 valence electrons. The van der Waals surface area contributed by atoms with E-state index in [0.29, 0.717) is 17.5 Å². The normalized spacial score (nSPS) is 10.3. The molecule has 0 atom stereocenters. The molecule has 0 aromatic carbocycles. The van der Waals surface area contributed by atoms with Gasteiger partial charge in [-0.3, -0.25) is 0 Å². The van der Waals surface area contributed by atoms with Crippen molar-refractivity contribution < 1.29 is 0 Å². The Morgan fingerprint density at radius 2 is 2.38 bits per heavy atom. The van der Waals surface area contributed by atoms with Crippen molar-refractivity contribution in [3.63, 3.8) is 0 Å². The number of thiazole rings is 1. The Morgan fingerprint density at radius 3 is 3.06 bits per heavy atom. The maximum absolute atomic E-state index is 5.67. The molecule has 2 heterocycles. The topological polar surface area (TPSA) is 76.7 Å². The van der Waals surface area contributed by atoms with Crippen molar-refractivity contribution in [3.8, 4) is 0 Å². The standard InChI is InChI=1S/C9H11N5S2/c1-15-9-13-7(10)2-8(14-9)11-3-6-4-16-5-12-6/h2,4-5H,3H2,1H3,(H3,10,11,13,14). The largest absolute Gasteiger partial charge is 0.383 e. The Morgan fingerprint density at radius 1 is 1.50 bits per heavy atom. The van der Waals surface area contributed by atoms with Crippen molar-refractivity contribution in [2.75, 3.05) is 17.3 Å². The van der Waals surface area contributed by atoms with E-state index < -0.39 is 0 Å². The quantitative estimate of drug-likeness (QED) is 0.639. The number of aromatic nitrogens is 3. The summed E-state index contributed by atoms with van der Waals surface area (Å²) in [6.07, 6.45) is 1.92. The molecule has 2 rings (SSSR count). The molecule has 2 aromatic heterocycles. The number of nitrogens with one attached hydrogen (secondary N) is 1.